The molecule has 3 N–H and O–H groups in total. The summed E-state index contributed by atoms with van der Waals surface area (Å²) < 4.78 is 61.0. The Bertz CT molecular complexity index is 1500. The summed E-state index contributed by atoms with van der Waals surface area (Å²) >= 11 is 5.61. The number of nitrogens with one attached hydrogen (secondary N) is 3. The third-order valence-electron chi connectivity index (χ3n) is 5.71. The van der Waals surface area contributed by atoms with Crippen LogP contribution in [0.15, 0.2) is 60.8 Å². The van der Waals surface area contributed by atoms with E-state index in [-0.39, 0.29) is 37.7 Å². The molecule has 0 spiro atoms. The maximum atomic E-state index is 13.1. The molecule has 0 saturated carbocycles. The van der Waals surface area contributed by atoms with E-state index in [1.807, 2.05) is 0 Å². The summed E-state index contributed by atoms with van der Waals surface area (Å²) in [6.45, 7) is 7.72. The quantitative estimate of drug-likeness (QED) is 0.136. The zero-order chi connectivity index (χ0) is 33.9. The average Bonchev–Trinajstić information content (AvgIpc) is 2.97. The van der Waals surface area contributed by atoms with Crippen molar-refractivity contribution in [2.24, 2.45) is 0 Å². The van der Waals surface area contributed by atoms with E-state index >= 15 is 0 Å². The summed E-state index contributed by atoms with van der Waals surface area (Å²) in [5.74, 6) is -0.196. The van der Waals surface area contributed by atoms with Gasteiger partial charge < -0.3 is 34.9 Å². The first-order chi connectivity index (χ1) is 21.6. The van der Waals surface area contributed by atoms with Gasteiger partial charge >= 0.3 is 18.2 Å². The van der Waals surface area contributed by atoms with E-state index < -0.39 is 46.4 Å². The molecule has 0 radical (unpaired) electrons. The molecule has 0 fully saturated rings. The number of halogens is 4. The van der Waals surface area contributed by atoms with E-state index in [2.05, 4.69) is 20.9 Å². The first-order valence-corrected chi connectivity index (χ1v) is 14.4. The van der Waals surface area contributed by atoms with Crippen LogP contribution in [0.2, 0.25) is 5.02 Å². The van der Waals surface area contributed by atoms with Gasteiger partial charge in [-0.05, 0) is 76.2 Å². The van der Waals surface area contributed by atoms with Gasteiger partial charge in [0, 0.05) is 30.2 Å². The van der Waals surface area contributed by atoms with Crippen LogP contribution >= 0.6 is 11.6 Å². The molecule has 3 aromatic rings. The molecule has 0 aliphatic rings. The van der Waals surface area contributed by atoms with Gasteiger partial charge in [-0.15, -0.1) is 0 Å². The highest BCUT2D eigenvalue weighted by Gasteiger charge is 2.33. The molecule has 0 bridgehead atoms. The molecule has 1 unspecified atom stereocenters. The topological polar surface area (TPSA) is 137 Å². The largest absolute Gasteiger partial charge is 0.458 e. The van der Waals surface area contributed by atoms with Crippen LogP contribution in [0, 0.1) is 0 Å². The van der Waals surface area contributed by atoms with Gasteiger partial charge in [-0.3, -0.25) is 9.78 Å². The first kappa shape index (κ1) is 36.1. The number of carbonyl (C=O) groups excluding carboxylic acids is 3. The van der Waals surface area contributed by atoms with E-state index in [1.165, 1.54) is 30.5 Å². The number of anilines is 2. The van der Waals surface area contributed by atoms with Gasteiger partial charge in [-0.25, -0.2) is 9.59 Å². The summed E-state index contributed by atoms with van der Waals surface area (Å²) in [6.07, 6.45) is -3.99. The predicted octanol–water partition coefficient (Wildman–Crippen LogP) is 6.68. The van der Waals surface area contributed by atoms with E-state index in [0.717, 1.165) is 12.1 Å². The number of aromatic nitrogens is 1. The van der Waals surface area contributed by atoms with E-state index in [0.29, 0.717) is 17.2 Å². The lowest BCUT2D eigenvalue weighted by Crippen LogP contribution is -2.32. The van der Waals surface area contributed by atoms with Gasteiger partial charge in [0.05, 0.1) is 30.4 Å². The Kier molecular flexibility index (Phi) is 12.7. The van der Waals surface area contributed by atoms with Gasteiger partial charge in [-0.2, -0.15) is 13.2 Å². The Morgan fingerprint density at radius 3 is 2.24 bits per heavy atom. The number of hydrogen-bond acceptors (Lipinski definition) is 8. The maximum absolute atomic E-state index is 13.1. The van der Waals surface area contributed by atoms with Crippen LogP contribution < -0.4 is 20.7 Å². The molecule has 248 valence electrons. The molecular weight excluding hydrogens is 633 g/mol. The highest BCUT2D eigenvalue weighted by molar-refractivity contribution is 6.31. The first-order valence-electron chi connectivity index (χ1n) is 14.0. The van der Waals surface area contributed by atoms with Gasteiger partial charge in [0.2, 0.25) is 0 Å². The lowest BCUT2D eigenvalue weighted by molar-refractivity contribution is -0.168. The minimum Gasteiger partial charge on any atom is -0.458 e. The Balaban J connectivity index is 1.40. The molecule has 1 heterocycles. The summed E-state index contributed by atoms with van der Waals surface area (Å²) in [5, 5.41) is 7.05. The molecule has 0 aliphatic carbocycles. The molecule has 0 aliphatic heterocycles. The standard InChI is InChI=1S/C31H34ClF3N4O7/c1-19(28(41)46-30(2,3)4)44-16-15-43-14-13-37-27(40)26-18-23(11-12-36-26)45-22-8-5-20(6-9-22)38-29(42)39-21-7-10-25(32)24(17-21)31(33,34)35/h5-12,17-19H,13-16H2,1-4H3,(H,37,40)(H2,38,39,42). The predicted molar refractivity (Wildman–Crippen MR) is 164 cm³/mol. The molecular formula is C31H34ClF3N4O7. The Hall–Kier alpha value is -4.40. The minimum atomic E-state index is -4.67. The third kappa shape index (κ3) is 12.2. The smallest absolute Gasteiger partial charge is 0.417 e. The molecule has 46 heavy (non-hydrogen) atoms. The lowest BCUT2D eigenvalue weighted by atomic mass is 10.2. The van der Waals surface area contributed by atoms with Crippen molar-refractivity contribution >= 4 is 40.9 Å². The second-order valence-electron chi connectivity index (χ2n) is 10.7. The number of benzene rings is 2. The van der Waals surface area contributed by atoms with Crippen molar-refractivity contribution in [1.29, 1.82) is 0 Å². The number of rotatable bonds is 13. The van der Waals surface area contributed by atoms with Crippen LogP contribution in [0.25, 0.3) is 0 Å². The Labute approximate surface area is 268 Å². The average molecular weight is 667 g/mol. The molecule has 1 atom stereocenters. The maximum Gasteiger partial charge on any atom is 0.417 e. The summed E-state index contributed by atoms with van der Waals surface area (Å²) in [5.41, 5.74) is -1.30. The van der Waals surface area contributed by atoms with Gasteiger partial charge in [0.1, 0.15) is 22.8 Å². The fourth-order valence-corrected chi connectivity index (χ4v) is 3.85. The number of amides is 3. The molecule has 0 saturated heterocycles. The van der Waals surface area contributed by atoms with E-state index in [9.17, 15) is 27.6 Å². The van der Waals surface area contributed by atoms with Gasteiger partial charge in [0.15, 0.2) is 6.10 Å². The van der Waals surface area contributed by atoms with Crippen molar-refractivity contribution < 1.29 is 46.5 Å². The normalized spacial score (nSPS) is 12.2. The summed E-state index contributed by atoms with van der Waals surface area (Å²) in [4.78, 5) is 40.8. The SMILES string of the molecule is CC(OCCOCCNC(=O)c1cc(Oc2ccc(NC(=O)Nc3ccc(Cl)c(C(F)(F)F)c3)cc2)ccn1)C(=O)OC(C)(C)C. The second-order valence-corrected chi connectivity index (χ2v) is 11.1. The van der Waals surface area contributed by atoms with Gasteiger partial charge in [-0.1, -0.05) is 11.6 Å². The minimum absolute atomic E-state index is 0.0874. The Morgan fingerprint density at radius 1 is 0.891 bits per heavy atom. The van der Waals surface area contributed by atoms with Crippen LogP contribution in [0.5, 0.6) is 11.5 Å². The highest BCUT2D eigenvalue weighted by Crippen LogP contribution is 2.36. The number of nitrogens with zero attached hydrogens (tertiary/aromatic N) is 1. The zero-order valence-corrected chi connectivity index (χ0v) is 26.3. The van der Waals surface area contributed by atoms with Gasteiger partial charge in [0.25, 0.3) is 5.91 Å². The molecule has 15 heteroatoms. The van der Waals surface area contributed by atoms with Crippen molar-refractivity contribution in [2.75, 3.05) is 37.0 Å². The lowest BCUT2D eigenvalue weighted by Gasteiger charge is -2.22. The molecule has 3 amide bonds. The fraction of sp³-hybridized carbons (Fsp3) is 0.355. The monoisotopic (exact) mass is 666 g/mol. The number of esters is 1. The number of ether oxygens (including phenoxy) is 4. The van der Waals surface area contributed by atoms with Crippen molar-refractivity contribution in [2.45, 2.75) is 45.6 Å². The number of carbonyl (C=O) groups is 3. The van der Waals surface area contributed by atoms with Crippen LogP contribution in [-0.4, -0.2) is 61.0 Å². The molecule has 2 aromatic carbocycles. The van der Waals surface area contributed by atoms with Crippen LogP contribution in [0.3, 0.4) is 0 Å². The van der Waals surface area contributed by atoms with Crippen LogP contribution in [0.1, 0.15) is 43.7 Å². The number of hydrogen-bond donors (Lipinski definition) is 3. The third-order valence-corrected chi connectivity index (χ3v) is 6.04. The van der Waals surface area contributed by atoms with E-state index in [4.69, 9.17) is 30.5 Å². The van der Waals surface area contributed by atoms with Crippen molar-refractivity contribution in [3.05, 3.63) is 77.1 Å². The molecule has 11 nitrogen and oxygen atoms in total. The van der Waals surface area contributed by atoms with Crippen molar-refractivity contribution in [3.63, 3.8) is 0 Å². The number of pyridine rings is 1. The van der Waals surface area contributed by atoms with Crippen molar-refractivity contribution in [1.82, 2.24) is 10.3 Å². The van der Waals surface area contributed by atoms with Crippen molar-refractivity contribution in [3.8, 4) is 11.5 Å². The second kappa shape index (κ2) is 16.2. The number of urea groups is 1. The summed E-state index contributed by atoms with van der Waals surface area (Å²) in [7, 11) is 0. The Morgan fingerprint density at radius 2 is 1.57 bits per heavy atom. The highest BCUT2D eigenvalue weighted by atomic mass is 35.5. The van der Waals surface area contributed by atoms with E-state index in [1.54, 1.807) is 45.9 Å². The van der Waals surface area contributed by atoms with Crippen LogP contribution in [-0.2, 0) is 25.2 Å². The number of alkyl halides is 3. The molecule has 3 rings (SSSR count). The molecule has 1 aromatic heterocycles. The fourth-order valence-electron chi connectivity index (χ4n) is 3.62. The summed E-state index contributed by atoms with van der Waals surface area (Å²) in [6, 6.07) is 11.4. The zero-order valence-electron chi connectivity index (χ0n) is 25.5. The van der Waals surface area contributed by atoms with Crippen LogP contribution in [0.4, 0.5) is 29.3 Å².